The van der Waals surface area contributed by atoms with Crippen LogP contribution in [0.4, 0.5) is 0 Å². The van der Waals surface area contributed by atoms with Crippen LogP contribution in [0.5, 0.6) is 0 Å². The maximum absolute atomic E-state index is 6.23. The second kappa shape index (κ2) is 6.04. The maximum Gasteiger partial charge on any atom is 0.0625 e. The monoisotopic (exact) mass is 223 g/mol. The van der Waals surface area contributed by atoms with Gasteiger partial charge in [-0.2, -0.15) is 5.10 Å². The molecule has 1 atom stereocenters. The van der Waals surface area contributed by atoms with Crippen molar-refractivity contribution < 1.29 is 0 Å². The SMILES string of the molecule is CCc1cc(C(N)CCC(C)C)n(CC)n1. The summed E-state index contributed by atoms with van der Waals surface area (Å²) in [5.74, 6) is 0.717. The molecule has 0 saturated heterocycles. The van der Waals surface area contributed by atoms with Crippen molar-refractivity contribution in [3.63, 3.8) is 0 Å². The minimum atomic E-state index is 0.134. The van der Waals surface area contributed by atoms with Gasteiger partial charge in [-0.3, -0.25) is 4.68 Å². The highest BCUT2D eigenvalue weighted by Gasteiger charge is 2.13. The Hall–Kier alpha value is -0.830. The number of rotatable bonds is 6. The summed E-state index contributed by atoms with van der Waals surface area (Å²) in [6.45, 7) is 9.63. The Balaban J connectivity index is 2.72. The molecule has 0 radical (unpaired) electrons. The Morgan fingerprint density at radius 2 is 2.00 bits per heavy atom. The largest absolute Gasteiger partial charge is 0.323 e. The molecule has 0 amide bonds. The Kier molecular flexibility index (Phi) is 5.00. The molecular formula is C13H25N3. The summed E-state index contributed by atoms with van der Waals surface area (Å²) in [4.78, 5) is 0. The highest BCUT2D eigenvalue weighted by Crippen LogP contribution is 2.19. The molecule has 1 unspecified atom stereocenters. The van der Waals surface area contributed by atoms with Gasteiger partial charge in [-0.15, -0.1) is 0 Å². The van der Waals surface area contributed by atoms with Crippen LogP contribution in [0.1, 0.15) is 58.0 Å². The van der Waals surface area contributed by atoms with E-state index >= 15 is 0 Å². The van der Waals surface area contributed by atoms with E-state index in [4.69, 9.17) is 5.73 Å². The molecule has 1 aromatic rings. The second-order valence-electron chi connectivity index (χ2n) is 4.81. The second-order valence-corrected chi connectivity index (χ2v) is 4.81. The van der Waals surface area contributed by atoms with E-state index in [9.17, 15) is 0 Å². The lowest BCUT2D eigenvalue weighted by atomic mass is 10.0. The number of hydrogen-bond acceptors (Lipinski definition) is 2. The summed E-state index contributed by atoms with van der Waals surface area (Å²) >= 11 is 0. The van der Waals surface area contributed by atoms with Crippen molar-refractivity contribution in [2.24, 2.45) is 11.7 Å². The maximum atomic E-state index is 6.23. The summed E-state index contributed by atoms with van der Waals surface area (Å²) in [5, 5.41) is 4.53. The highest BCUT2D eigenvalue weighted by atomic mass is 15.3. The molecule has 2 N–H and O–H groups in total. The first-order chi connectivity index (χ1) is 7.58. The summed E-state index contributed by atoms with van der Waals surface area (Å²) in [7, 11) is 0. The fraction of sp³-hybridized carbons (Fsp3) is 0.769. The van der Waals surface area contributed by atoms with E-state index in [0.29, 0.717) is 0 Å². The van der Waals surface area contributed by atoms with Gasteiger partial charge >= 0.3 is 0 Å². The first-order valence-corrected chi connectivity index (χ1v) is 6.40. The van der Waals surface area contributed by atoms with Gasteiger partial charge in [-0.1, -0.05) is 20.8 Å². The summed E-state index contributed by atoms with van der Waals surface area (Å²) in [6, 6.07) is 2.30. The van der Waals surface area contributed by atoms with E-state index in [-0.39, 0.29) is 6.04 Å². The zero-order chi connectivity index (χ0) is 12.1. The summed E-state index contributed by atoms with van der Waals surface area (Å²) in [6.07, 6.45) is 3.21. The molecular weight excluding hydrogens is 198 g/mol. The van der Waals surface area contributed by atoms with Crippen LogP contribution in [0.2, 0.25) is 0 Å². The van der Waals surface area contributed by atoms with E-state index in [0.717, 1.165) is 31.0 Å². The van der Waals surface area contributed by atoms with Gasteiger partial charge in [0.05, 0.1) is 11.4 Å². The molecule has 16 heavy (non-hydrogen) atoms. The highest BCUT2D eigenvalue weighted by molar-refractivity contribution is 5.14. The van der Waals surface area contributed by atoms with E-state index in [2.05, 4.69) is 38.9 Å². The molecule has 1 rings (SSSR count). The standard InChI is InChI=1S/C13H25N3/c1-5-11-9-13(16(6-2)15-11)12(14)8-7-10(3)4/h9-10,12H,5-8,14H2,1-4H3. The van der Waals surface area contributed by atoms with E-state index in [1.165, 1.54) is 12.1 Å². The normalized spacial score (nSPS) is 13.4. The van der Waals surface area contributed by atoms with Gasteiger partial charge in [-0.25, -0.2) is 0 Å². The molecule has 3 heteroatoms. The molecule has 0 aromatic carbocycles. The molecule has 1 aromatic heterocycles. The zero-order valence-corrected chi connectivity index (χ0v) is 11.0. The van der Waals surface area contributed by atoms with Gasteiger partial charge in [0, 0.05) is 12.6 Å². The number of aromatic nitrogens is 2. The molecule has 1 heterocycles. The van der Waals surface area contributed by atoms with Crippen molar-refractivity contribution in [2.45, 2.75) is 59.5 Å². The molecule has 0 bridgehead atoms. The Bertz CT molecular complexity index is 315. The number of nitrogens with zero attached hydrogens (tertiary/aromatic N) is 2. The van der Waals surface area contributed by atoms with Crippen LogP contribution in [0, 0.1) is 5.92 Å². The molecule has 3 nitrogen and oxygen atoms in total. The quantitative estimate of drug-likeness (QED) is 0.806. The first kappa shape index (κ1) is 13.2. The minimum absolute atomic E-state index is 0.134. The average molecular weight is 223 g/mol. The Morgan fingerprint density at radius 3 is 2.50 bits per heavy atom. The van der Waals surface area contributed by atoms with Gasteiger partial charge in [-0.05, 0) is 38.2 Å². The van der Waals surface area contributed by atoms with E-state index < -0.39 is 0 Å². The average Bonchev–Trinajstić information content (AvgIpc) is 2.68. The molecule has 0 aliphatic heterocycles. The lowest BCUT2D eigenvalue weighted by Crippen LogP contribution is -2.16. The molecule has 0 aliphatic rings. The van der Waals surface area contributed by atoms with Crippen LogP contribution >= 0.6 is 0 Å². The van der Waals surface area contributed by atoms with Gasteiger partial charge in [0.25, 0.3) is 0 Å². The van der Waals surface area contributed by atoms with Crippen molar-refractivity contribution >= 4 is 0 Å². The summed E-state index contributed by atoms with van der Waals surface area (Å²) in [5.41, 5.74) is 8.57. The van der Waals surface area contributed by atoms with Gasteiger partial charge in [0.1, 0.15) is 0 Å². The lowest BCUT2D eigenvalue weighted by molar-refractivity contribution is 0.479. The van der Waals surface area contributed by atoms with Crippen LogP contribution in [0.25, 0.3) is 0 Å². The Morgan fingerprint density at radius 1 is 1.31 bits per heavy atom. The minimum Gasteiger partial charge on any atom is -0.323 e. The lowest BCUT2D eigenvalue weighted by Gasteiger charge is -2.14. The first-order valence-electron chi connectivity index (χ1n) is 6.40. The molecule has 92 valence electrons. The number of aryl methyl sites for hydroxylation is 2. The van der Waals surface area contributed by atoms with E-state index in [1.807, 2.05) is 4.68 Å². The van der Waals surface area contributed by atoms with Crippen LogP contribution < -0.4 is 5.73 Å². The van der Waals surface area contributed by atoms with Crippen molar-refractivity contribution in [1.29, 1.82) is 0 Å². The van der Waals surface area contributed by atoms with Crippen molar-refractivity contribution in [3.8, 4) is 0 Å². The zero-order valence-electron chi connectivity index (χ0n) is 11.0. The predicted octanol–water partition coefficient (Wildman–Crippen LogP) is 2.90. The number of nitrogens with two attached hydrogens (primary N) is 1. The molecule has 0 saturated carbocycles. The predicted molar refractivity (Wildman–Crippen MR) is 68.3 cm³/mol. The van der Waals surface area contributed by atoms with Crippen molar-refractivity contribution in [2.75, 3.05) is 0 Å². The fourth-order valence-electron chi connectivity index (χ4n) is 1.87. The third-order valence-electron chi connectivity index (χ3n) is 2.96. The van der Waals surface area contributed by atoms with Crippen molar-refractivity contribution in [1.82, 2.24) is 9.78 Å². The van der Waals surface area contributed by atoms with Gasteiger partial charge in [0.15, 0.2) is 0 Å². The van der Waals surface area contributed by atoms with Crippen LogP contribution in [0.3, 0.4) is 0 Å². The number of hydrogen-bond donors (Lipinski definition) is 1. The van der Waals surface area contributed by atoms with Crippen molar-refractivity contribution in [3.05, 3.63) is 17.5 Å². The topological polar surface area (TPSA) is 43.8 Å². The van der Waals surface area contributed by atoms with Crippen LogP contribution in [-0.4, -0.2) is 9.78 Å². The third-order valence-corrected chi connectivity index (χ3v) is 2.96. The molecule has 0 spiro atoms. The fourth-order valence-corrected chi connectivity index (χ4v) is 1.87. The molecule has 0 aliphatic carbocycles. The van der Waals surface area contributed by atoms with Gasteiger partial charge in [0.2, 0.25) is 0 Å². The summed E-state index contributed by atoms with van der Waals surface area (Å²) < 4.78 is 2.05. The molecule has 0 fully saturated rings. The third kappa shape index (κ3) is 3.34. The van der Waals surface area contributed by atoms with Crippen LogP contribution in [0.15, 0.2) is 6.07 Å². The van der Waals surface area contributed by atoms with E-state index in [1.54, 1.807) is 0 Å². The van der Waals surface area contributed by atoms with Crippen LogP contribution in [-0.2, 0) is 13.0 Å². The Labute approximate surface area is 99.0 Å². The smallest absolute Gasteiger partial charge is 0.0625 e. The van der Waals surface area contributed by atoms with Gasteiger partial charge < -0.3 is 5.73 Å².